The third-order valence-electron chi connectivity index (χ3n) is 8.85. The number of hydrogen-bond donors (Lipinski definition) is 0. The standard InChI is InChI=1S/C37H25BN2/c1-3-12-27(13-4-1)39(28-14-5-2-6-15-28)29-20-22-30-31-21-19-26-23-25-11-7-8-16-32(25)38-33-17-9-10-18-34(33)40(35(30)24-29)37(31)36(26)38/h1-22,24H,23H2. The monoisotopic (exact) mass is 508 g/mol. The van der Waals surface area contributed by atoms with E-state index in [4.69, 9.17) is 0 Å². The lowest BCUT2D eigenvalue weighted by molar-refractivity contribution is 1.16. The van der Waals surface area contributed by atoms with Crippen LogP contribution in [0.25, 0.3) is 27.5 Å². The first-order chi connectivity index (χ1) is 19.9. The molecule has 3 heteroatoms. The average molecular weight is 508 g/mol. The molecule has 3 heterocycles. The summed E-state index contributed by atoms with van der Waals surface area (Å²) in [7, 11) is 0. The highest BCUT2D eigenvalue weighted by Gasteiger charge is 2.38. The summed E-state index contributed by atoms with van der Waals surface area (Å²) in [6.07, 6.45) is 0.989. The zero-order chi connectivity index (χ0) is 26.2. The maximum absolute atomic E-state index is 2.54. The third-order valence-corrected chi connectivity index (χ3v) is 8.85. The Labute approximate surface area is 233 Å². The minimum atomic E-state index is 0.265. The Kier molecular flexibility index (Phi) is 4.51. The van der Waals surface area contributed by atoms with Crippen molar-refractivity contribution in [3.8, 4) is 5.69 Å². The van der Waals surface area contributed by atoms with Crippen LogP contribution in [0.15, 0.2) is 140 Å². The number of hydrogen-bond acceptors (Lipinski definition) is 1. The van der Waals surface area contributed by atoms with Gasteiger partial charge in [0.15, 0.2) is 0 Å². The van der Waals surface area contributed by atoms with Gasteiger partial charge in [0.2, 0.25) is 6.71 Å². The Morgan fingerprint density at radius 3 is 1.95 bits per heavy atom. The molecule has 0 N–H and O–H groups in total. The van der Waals surface area contributed by atoms with Crippen LogP contribution in [0, 0.1) is 0 Å². The normalized spacial score (nSPS) is 12.8. The van der Waals surface area contributed by atoms with Gasteiger partial charge in [-0.3, -0.25) is 0 Å². The molecule has 186 valence electrons. The van der Waals surface area contributed by atoms with E-state index in [1.165, 1.54) is 55.0 Å². The zero-order valence-corrected chi connectivity index (χ0v) is 22.0. The molecule has 0 spiro atoms. The molecule has 0 radical (unpaired) electrons. The highest BCUT2D eigenvalue weighted by Crippen LogP contribution is 2.40. The van der Waals surface area contributed by atoms with Gasteiger partial charge in [0.1, 0.15) is 0 Å². The van der Waals surface area contributed by atoms with E-state index in [0.717, 1.165) is 23.5 Å². The lowest BCUT2D eigenvalue weighted by Gasteiger charge is -2.33. The smallest absolute Gasteiger partial charge is 0.247 e. The lowest BCUT2D eigenvalue weighted by atomic mass is 9.32. The summed E-state index contributed by atoms with van der Waals surface area (Å²) < 4.78 is 2.54. The van der Waals surface area contributed by atoms with Gasteiger partial charge in [-0.25, -0.2) is 0 Å². The largest absolute Gasteiger partial charge is 0.310 e. The zero-order valence-electron chi connectivity index (χ0n) is 22.0. The lowest BCUT2D eigenvalue weighted by Crippen LogP contribution is -2.60. The summed E-state index contributed by atoms with van der Waals surface area (Å²) in [5, 5.41) is 2.64. The van der Waals surface area contributed by atoms with Crippen LogP contribution in [-0.2, 0) is 6.42 Å². The first-order valence-electron chi connectivity index (χ1n) is 14.0. The summed E-state index contributed by atoms with van der Waals surface area (Å²) in [4.78, 5) is 2.35. The fourth-order valence-corrected chi connectivity index (χ4v) is 7.22. The molecule has 0 atom stereocenters. The Bertz CT molecular complexity index is 2050. The van der Waals surface area contributed by atoms with Crippen LogP contribution in [0.1, 0.15) is 11.1 Å². The van der Waals surface area contributed by atoms with Crippen LogP contribution in [-0.4, -0.2) is 11.3 Å². The highest BCUT2D eigenvalue weighted by atomic mass is 15.1. The minimum Gasteiger partial charge on any atom is -0.310 e. The predicted octanol–water partition coefficient (Wildman–Crippen LogP) is 6.99. The van der Waals surface area contributed by atoms with Crippen molar-refractivity contribution < 1.29 is 0 Å². The van der Waals surface area contributed by atoms with Crippen LogP contribution in [0.5, 0.6) is 0 Å². The quantitative estimate of drug-likeness (QED) is 0.234. The molecule has 1 aromatic heterocycles. The first kappa shape index (κ1) is 21.9. The van der Waals surface area contributed by atoms with Crippen molar-refractivity contribution in [3.05, 3.63) is 151 Å². The Morgan fingerprint density at radius 1 is 0.525 bits per heavy atom. The van der Waals surface area contributed by atoms with E-state index < -0.39 is 0 Å². The van der Waals surface area contributed by atoms with E-state index in [-0.39, 0.29) is 6.71 Å². The van der Waals surface area contributed by atoms with Gasteiger partial charge in [0.05, 0.1) is 5.52 Å². The van der Waals surface area contributed by atoms with E-state index >= 15 is 0 Å². The van der Waals surface area contributed by atoms with Gasteiger partial charge >= 0.3 is 0 Å². The summed E-state index contributed by atoms with van der Waals surface area (Å²) >= 11 is 0. The summed E-state index contributed by atoms with van der Waals surface area (Å²) in [6.45, 7) is 0.265. The number of anilines is 3. The van der Waals surface area contributed by atoms with Gasteiger partial charge in [0.25, 0.3) is 0 Å². The molecule has 0 amide bonds. The molecule has 2 aliphatic heterocycles. The summed E-state index contributed by atoms with van der Waals surface area (Å²) in [5.41, 5.74) is 14.6. The Hall–Kier alpha value is -5.02. The summed E-state index contributed by atoms with van der Waals surface area (Å²) in [5.74, 6) is 0. The van der Waals surface area contributed by atoms with Crippen LogP contribution in [0.3, 0.4) is 0 Å². The number of rotatable bonds is 3. The van der Waals surface area contributed by atoms with Gasteiger partial charge in [-0.05, 0) is 70.9 Å². The van der Waals surface area contributed by atoms with Crippen molar-refractivity contribution in [2.75, 3.05) is 4.90 Å². The Morgan fingerprint density at radius 2 is 1.18 bits per heavy atom. The van der Waals surface area contributed by atoms with Crippen molar-refractivity contribution >= 4 is 62.0 Å². The van der Waals surface area contributed by atoms with E-state index in [9.17, 15) is 0 Å². The molecule has 6 aromatic carbocycles. The highest BCUT2D eigenvalue weighted by molar-refractivity contribution is 6.98. The van der Waals surface area contributed by atoms with Crippen molar-refractivity contribution in [1.82, 2.24) is 4.57 Å². The van der Waals surface area contributed by atoms with E-state index in [1.807, 2.05) is 0 Å². The molecule has 7 aromatic rings. The Balaban J connectivity index is 1.37. The molecular formula is C37H25BN2. The van der Waals surface area contributed by atoms with Crippen LogP contribution in [0.2, 0.25) is 0 Å². The number of benzene rings is 6. The van der Waals surface area contributed by atoms with Gasteiger partial charge < -0.3 is 9.47 Å². The van der Waals surface area contributed by atoms with Crippen LogP contribution >= 0.6 is 0 Å². The molecule has 2 aliphatic rings. The number of fused-ring (bicyclic) bond motifs is 8. The molecule has 0 saturated heterocycles. The molecule has 9 rings (SSSR count). The topological polar surface area (TPSA) is 8.17 Å². The number of aromatic nitrogens is 1. The van der Waals surface area contributed by atoms with E-state index in [0.29, 0.717) is 0 Å². The molecule has 40 heavy (non-hydrogen) atoms. The number of nitrogens with zero attached hydrogens (tertiary/aromatic N) is 2. The van der Waals surface area contributed by atoms with Crippen molar-refractivity contribution in [1.29, 1.82) is 0 Å². The molecular weight excluding hydrogens is 483 g/mol. The maximum atomic E-state index is 2.54. The average Bonchev–Trinajstić information content (AvgIpc) is 3.36. The molecule has 0 aliphatic carbocycles. The molecule has 0 fully saturated rings. The molecule has 0 unspecified atom stereocenters. The van der Waals surface area contributed by atoms with Crippen molar-refractivity contribution in [2.45, 2.75) is 6.42 Å². The second-order valence-corrected chi connectivity index (χ2v) is 10.9. The SMILES string of the molecule is c1ccc(N(c2ccccc2)c2ccc3c4ccc5c6c4n(c3c2)-c2ccccc2B6c2ccccc2C5)cc1. The molecule has 0 saturated carbocycles. The first-order valence-corrected chi connectivity index (χ1v) is 14.0. The maximum Gasteiger partial charge on any atom is 0.247 e. The number of para-hydroxylation sites is 3. The van der Waals surface area contributed by atoms with Gasteiger partial charge in [-0.1, -0.05) is 103 Å². The van der Waals surface area contributed by atoms with Gasteiger partial charge in [-0.15, -0.1) is 0 Å². The second kappa shape index (κ2) is 8.24. The predicted molar refractivity (Wildman–Crippen MR) is 169 cm³/mol. The van der Waals surface area contributed by atoms with E-state index in [2.05, 4.69) is 149 Å². The van der Waals surface area contributed by atoms with Crippen LogP contribution < -0.4 is 21.3 Å². The van der Waals surface area contributed by atoms with Crippen molar-refractivity contribution in [2.24, 2.45) is 0 Å². The van der Waals surface area contributed by atoms with Gasteiger partial charge in [-0.2, -0.15) is 0 Å². The third kappa shape index (κ3) is 2.95. The fourth-order valence-electron chi connectivity index (χ4n) is 7.22. The fraction of sp³-hybridized carbons (Fsp3) is 0.0270. The van der Waals surface area contributed by atoms with E-state index in [1.54, 1.807) is 0 Å². The van der Waals surface area contributed by atoms with Crippen LogP contribution in [0.4, 0.5) is 17.1 Å². The second-order valence-electron chi connectivity index (χ2n) is 10.9. The summed E-state index contributed by atoms with van der Waals surface area (Å²) in [6, 6.07) is 51.1. The van der Waals surface area contributed by atoms with Crippen molar-refractivity contribution in [3.63, 3.8) is 0 Å². The molecule has 2 nitrogen and oxygen atoms in total. The molecule has 0 bridgehead atoms. The minimum absolute atomic E-state index is 0.265. The van der Waals surface area contributed by atoms with Gasteiger partial charge in [0, 0.05) is 39.0 Å².